The molecular formula is C20H22N2O4. The molecule has 6 heteroatoms. The second-order valence-electron chi connectivity index (χ2n) is 6.77. The van der Waals surface area contributed by atoms with E-state index in [1.807, 2.05) is 62.4 Å². The van der Waals surface area contributed by atoms with E-state index in [-0.39, 0.29) is 4.92 Å². The second kappa shape index (κ2) is 7.25. The molecule has 1 fully saturated rings. The summed E-state index contributed by atoms with van der Waals surface area (Å²) in [5.74, 6) is -1.10. The first-order chi connectivity index (χ1) is 12.4. The van der Waals surface area contributed by atoms with E-state index in [2.05, 4.69) is 5.32 Å². The monoisotopic (exact) mass is 354 g/mol. The Morgan fingerprint density at radius 2 is 1.50 bits per heavy atom. The largest absolute Gasteiger partial charge is 0.468 e. The fraction of sp³-hybridized carbons (Fsp3) is 0.350. The number of hydrogen-bond acceptors (Lipinski definition) is 5. The van der Waals surface area contributed by atoms with Crippen molar-refractivity contribution in [3.05, 3.63) is 80.9 Å². The lowest BCUT2D eigenvalue weighted by Crippen LogP contribution is -2.37. The zero-order valence-corrected chi connectivity index (χ0v) is 15.0. The zero-order chi connectivity index (χ0) is 18.8. The Kier molecular flexibility index (Phi) is 5.04. The number of ether oxygens (including phenoxy) is 1. The molecule has 1 aliphatic heterocycles. The number of aryl methyl sites for hydroxylation is 2. The average Bonchev–Trinajstić information content (AvgIpc) is 3.03. The normalized spacial score (nSPS) is 25.0. The van der Waals surface area contributed by atoms with Crippen LogP contribution in [-0.2, 0) is 9.53 Å². The minimum Gasteiger partial charge on any atom is -0.468 e. The molecule has 0 spiro atoms. The van der Waals surface area contributed by atoms with E-state index in [1.165, 1.54) is 7.11 Å². The molecule has 0 bridgehead atoms. The summed E-state index contributed by atoms with van der Waals surface area (Å²) in [6, 6.07) is 12.8. The van der Waals surface area contributed by atoms with Gasteiger partial charge in [0.25, 0.3) is 0 Å². The second-order valence-corrected chi connectivity index (χ2v) is 6.77. The van der Waals surface area contributed by atoms with Gasteiger partial charge in [0.2, 0.25) is 6.04 Å². The number of rotatable bonds is 4. The Morgan fingerprint density at radius 3 is 1.96 bits per heavy atom. The van der Waals surface area contributed by atoms with Gasteiger partial charge in [0.05, 0.1) is 13.0 Å². The van der Waals surface area contributed by atoms with Crippen LogP contribution in [0.3, 0.4) is 0 Å². The van der Waals surface area contributed by atoms with Crippen LogP contribution in [0.15, 0.2) is 48.5 Å². The molecule has 2 aromatic rings. The predicted octanol–water partition coefficient (Wildman–Crippen LogP) is 2.92. The molecule has 136 valence electrons. The summed E-state index contributed by atoms with van der Waals surface area (Å²) in [5, 5.41) is 15.1. The van der Waals surface area contributed by atoms with Gasteiger partial charge in [0.1, 0.15) is 12.1 Å². The Bertz CT molecular complexity index is 802. The molecule has 2 aromatic carbocycles. The summed E-state index contributed by atoms with van der Waals surface area (Å²) >= 11 is 0. The highest BCUT2D eigenvalue weighted by Crippen LogP contribution is 2.40. The molecule has 0 saturated carbocycles. The van der Waals surface area contributed by atoms with Crippen LogP contribution in [0.2, 0.25) is 0 Å². The van der Waals surface area contributed by atoms with Crippen molar-refractivity contribution in [2.75, 3.05) is 7.11 Å². The summed E-state index contributed by atoms with van der Waals surface area (Å²) < 4.78 is 4.92. The SMILES string of the molecule is COC(=O)[C@@H]1N[C@H](c2ccc(C)cc2)[C@H]([N+](=O)[O-])[C@H]1c1ccc(C)cc1. The maximum absolute atomic E-state index is 12.4. The number of esters is 1. The topological polar surface area (TPSA) is 81.5 Å². The first-order valence-electron chi connectivity index (χ1n) is 8.53. The number of nitrogens with zero attached hydrogens (tertiary/aromatic N) is 1. The molecule has 6 nitrogen and oxygen atoms in total. The Labute approximate surface area is 152 Å². The van der Waals surface area contributed by atoms with Crippen molar-refractivity contribution in [1.29, 1.82) is 0 Å². The van der Waals surface area contributed by atoms with Gasteiger partial charge in [-0.25, -0.2) is 0 Å². The van der Waals surface area contributed by atoms with Crippen LogP contribution in [-0.4, -0.2) is 30.1 Å². The van der Waals surface area contributed by atoms with Crippen molar-refractivity contribution >= 4 is 5.97 Å². The highest BCUT2D eigenvalue weighted by molar-refractivity contribution is 5.78. The molecule has 1 heterocycles. The van der Waals surface area contributed by atoms with Gasteiger partial charge in [-0.15, -0.1) is 0 Å². The fourth-order valence-electron chi connectivity index (χ4n) is 3.64. The number of hydrogen-bond donors (Lipinski definition) is 1. The highest BCUT2D eigenvalue weighted by atomic mass is 16.6. The quantitative estimate of drug-likeness (QED) is 0.519. The van der Waals surface area contributed by atoms with Crippen LogP contribution in [0.4, 0.5) is 0 Å². The summed E-state index contributed by atoms with van der Waals surface area (Å²) in [5.41, 5.74) is 3.68. The van der Waals surface area contributed by atoms with Crippen LogP contribution in [0.5, 0.6) is 0 Å². The maximum Gasteiger partial charge on any atom is 0.323 e. The maximum atomic E-state index is 12.4. The fourth-order valence-corrected chi connectivity index (χ4v) is 3.64. The third kappa shape index (κ3) is 3.32. The number of nitrogens with one attached hydrogen (secondary N) is 1. The van der Waals surface area contributed by atoms with Gasteiger partial charge in [0, 0.05) is 4.92 Å². The molecule has 0 unspecified atom stereocenters. The van der Waals surface area contributed by atoms with E-state index >= 15 is 0 Å². The molecule has 0 radical (unpaired) electrons. The molecule has 0 amide bonds. The third-order valence-corrected chi connectivity index (χ3v) is 5.02. The van der Waals surface area contributed by atoms with E-state index in [9.17, 15) is 14.9 Å². The van der Waals surface area contributed by atoms with Crippen molar-refractivity contribution < 1.29 is 14.5 Å². The first-order valence-corrected chi connectivity index (χ1v) is 8.53. The van der Waals surface area contributed by atoms with Crippen molar-refractivity contribution in [2.45, 2.75) is 37.9 Å². The lowest BCUT2D eigenvalue weighted by Gasteiger charge is -2.19. The van der Waals surface area contributed by atoms with Gasteiger partial charge >= 0.3 is 5.97 Å². The average molecular weight is 354 g/mol. The minimum absolute atomic E-state index is 0.287. The minimum atomic E-state index is -0.968. The summed E-state index contributed by atoms with van der Waals surface area (Å²) in [4.78, 5) is 24.0. The van der Waals surface area contributed by atoms with E-state index in [0.29, 0.717) is 0 Å². The van der Waals surface area contributed by atoms with Crippen LogP contribution in [0.1, 0.15) is 34.2 Å². The molecular weight excluding hydrogens is 332 g/mol. The zero-order valence-electron chi connectivity index (χ0n) is 15.0. The lowest BCUT2D eigenvalue weighted by atomic mass is 9.85. The van der Waals surface area contributed by atoms with Crippen LogP contribution in [0.25, 0.3) is 0 Å². The van der Waals surface area contributed by atoms with Crippen molar-refractivity contribution in [3.8, 4) is 0 Å². The highest BCUT2D eigenvalue weighted by Gasteiger charge is 2.54. The number of nitro groups is 1. The molecule has 1 saturated heterocycles. The van der Waals surface area contributed by atoms with Gasteiger partial charge in [-0.2, -0.15) is 0 Å². The van der Waals surface area contributed by atoms with Crippen molar-refractivity contribution in [1.82, 2.24) is 5.32 Å². The number of carbonyl (C=O) groups excluding carboxylic acids is 1. The Balaban J connectivity index is 2.07. The Morgan fingerprint density at radius 1 is 1.00 bits per heavy atom. The molecule has 0 aliphatic carbocycles. The van der Waals surface area contributed by atoms with Gasteiger partial charge in [-0.05, 0) is 25.0 Å². The predicted molar refractivity (Wildman–Crippen MR) is 97.6 cm³/mol. The van der Waals surface area contributed by atoms with E-state index in [1.54, 1.807) is 0 Å². The van der Waals surface area contributed by atoms with E-state index in [4.69, 9.17) is 4.74 Å². The molecule has 26 heavy (non-hydrogen) atoms. The molecule has 0 aromatic heterocycles. The summed E-state index contributed by atoms with van der Waals surface area (Å²) in [6.07, 6.45) is 0. The first kappa shape index (κ1) is 18.1. The summed E-state index contributed by atoms with van der Waals surface area (Å²) in [6.45, 7) is 3.91. The molecule has 1 N–H and O–H groups in total. The number of carbonyl (C=O) groups is 1. The van der Waals surface area contributed by atoms with Gasteiger partial charge in [-0.1, -0.05) is 59.7 Å². The summed E-state index contributed by atoms with van der Waals surface area (Å²) in [7, 11) is 1.30. The van der Waals surface area contributed by atoms with Crippen molar-refractivity contribution in [3.63, 3.8) is 0 Å². The lowest BCUT2D eigenvalue weighted by molar-refractivity contribution is -0.527. The van der Waals surface area contributed by atoms with Crippen LogP contribution < -0.4 is 5.32 Å². The van der Waals surface area contributed by atoms with Gasteiger partial charge < -0.3 is 4.74 Å². The molecule has 1 aliphatic rings. The standard InChI is InChI=1S/C20H22N2O4/c1-12-4-8-14(9-5-12)16-18(20(23)26-3)21-17(19(16)22(24)25)15-10-6-13(2)7-11-15/h4-11,16-19,21H,1-3H3/t16-,17+,18+,19+/m0/s1. The van der Waals surface area contributed by atoms with E-state index < -0.39 is 30.0 Å². The third-order valence-electron chi connectivity index (χ3n) is 5.02. The van der Waals surface area contributed by atoms with Crippen molar-refractivity contribution in [2.24, 2.45) is 0 Å². The van der Waals surface area contributed by atoms with E-state index in [0.717, 1.165) is 22.3 Å². The smallest absolute Gasteiger partial charge is 0.323 e. The molecule has 3 rings (SSSR count). The number of benzene rings is 2. The van der Waals surface area contributed by atoms with Gasteiger partial charge in [0.15, 0.2) is 0 Å². The Hall–Kier alpha value is -2.73. The molecule has 4 atom stereocenters. The van der Waals surface area contributed by atoms with Crippen LogP contribution in [0, 0.1) is 24.0 Å². The van der Waals surface area contributed by atoms with Crippen LogP contribution >= 0.6 is 0 Å². The number of methoxy groups -OCH3 is 1. The van der Waals surface area contributed by atoms with Gasteiger partial charge in [-0.3, -0.25) is 20.2 Å².